The third-order valence-electron chi connectivity index (χ3n) is 2.40. The molecule has 0 aromatic heterocycles. The third-order valence-corrected chi connectivity index (χ3v) is 2.40. The summed E-state index contributed by atoms with van der Waals surface area (Å²) in [5.41, 5.74) is 2.69. The van der Waals surface area contributed by atoms with Crippen molar-refractivity contribution in [2.45, 2.75) is 39.0 Å². The summed E-state index contributed by atoms with van der Waals surface area (Å²) in [6.07, 6.45) is 6.24. The third kappa shape index (κ3) is 2.81. The van der Waals surface area contributed by atoms with Gasteiger partial charge in [-0.25, -0.2) is 5.84 Å². The molecule has 0 aliphatic heterocycles. The second-order valence-corrected chi connectivity index (χ2v) is 3.47. The van der Waals surface area contributed by atoms with Crippen LogP contribution < -0.4 is 11.3 Å². The molecule has 1 saturated carbocycles. The van der Waals surface area contributed by atoms with Gasteiger partial charge < -0.3 is 5.43 Å². The number of aliphatic imine (C=N–C) groups is 1. The van der Waals surface area contributed by atoms with Gasteiger partial charge in [-0.3, -0.25) is 4.99 Å². The van der Waals surface area contributed by atoms with Crippen molar-refractivity contribution in [3.8, 4) is 0 Å². The largest absolute Gasteiger partial charge is 0.312 e. The molecule has 3 N–H and O–H groups in total. The Bertz CT molecular complexity index is 150. The van der Waals surface area contributed by atoms with E-state index in [0.717, 1.165) is 31.1 Å². The highest BCUT2D eigenvalue weighted by atomic mass is 15.2. The van der Waals surface area contributed by atoms with Gasteiger partial charge in [0.15, 0.2) is 0 Å². The van der Waals surface area contributed by atoms with Crippen molar-refractivity contribution in [1.82, 2.24) is 5.43 Å². The highest BCUT2D eigenvalue weighted by Gasteiger charge is 2.18. The number of hydrogen-bond donors (Lipinski definition) is 2. The molecule has 0 heterocycles. The molecule has 70 valence electrons. The van der Waals surface area contributed by atoms with Gasteiger partial charge in [0.2, 0.25) is 0 Å². The first-order valence-electron chi connectivity index (χ1n) is 4.86. The van der Waals surface area contributed by atoms with Crippen LogP contribution in [0.2, 0.25) is 0 Å². The number of nitrogens with zero attached hydrogens (tertiary/aromatic N) is 1. The normalized spacial score (nSPS) is 19.0. The fourth-order valence-electron chi connectivity index (χ4n) is 1.39. The van der Waals surface area contributed by atoms with Crippen LogP contribution in [0.4, 0.5) is 0 Å². The molecule has 3 heteroatoms. The van der Waals surface area contributed by atoms with Crippen molar-refractivity contribution in [3.05, 3.63) is 0 Å². The molecular weight excluding hydrogens is 150 g/mol. The van der Waals surface area contributed by atoms with Gasteiger partial charge in [-0.2, -0.15) is 0 Å². The molecule has 12 heavy (non-hydrogen) atoms. The van der Waals surface area contributed by atoms with Crippen molar-refractivity contribution in [3.63, 3.8) is 0 Å². The van der Waals surface area contributed by atoms with E-state index in [1.165, 1.54) is 19.3 Å². The summed E-state index contributed by atoms with van der Waals surface area (Å²) in [4.78, 5) is 4.36. The monoisotopic (exact) mass is 169 g/mol. The molecule has 3 nitrogen and oxygen atoms in total. The quantitative estimate of drug-likeness (QED) is 0.289. The predicted molar refractivity (Wildman–Crippen MR) is 51.9 cm³/mol. The minimum absolute atomic E-state index is 0.844. The predicted octanol–water partition coefficient (Wildman–Crippen LogP) is 1.45. The molecule has 0 spiro atoms. The molecule has 1 aliphatic rings. The van der Waals surface area contributed by atoms with E-state index in [-0.39, 0.29) is 0 Å². The number of hydrogen-bond acceptors (Lipinski definition) is 2. The first kappa shape index (κ1) is 9.52. The molecule has 0 bridgehead atoms. The minimum atomic E-state index is 0.844. The standard InChI is InChI=1S/C9H19N3/c1-2-6-11-9(12-10)7-8-4-3-5-8/h8H,2-7,10H2,1H3,(H,11,12). The lowest BCUT2D eigenvalue weighted by Crippen LogP contribution is -2.33. The Labute approximate surface area is 74.4 Å². The van der Waals surface area contributed by atoms with E-state index in [2.05, 4.69) is 17.3 Å². The number of rotatable bonds is 4. The van der Waals surface area contributed by atoms with Crippen molar-refractivity contribution >= 4 is 5.84 Å². The second kappa shape index (κ2) is 5.14. The van der Waals surface area contributed by atoms with Crippen molar-refractivity contribution in [2.24, 2.45) is 16.8 Å². The molecule has 0 radical (unpaired) electrons. The van der Waals surface area contributed by atoms with E-state index in [4.69, 9.17) is 5.84 Å². The molecule has 0 saturated heterocycles. The molecule has 1 rings (SSSR count). The molecule has 0 aromatic rings. The van der Waals surface area contributed by atoms with Crippen molar-refractivity contribution in [1.29, 1.82) is 0 Å². The molecule has 0 amide bonds. The fourth-order valence-corrected chi connectivity index (χ4v) is 1.39. The molecule has 0 aromatic carbocycles. The van der Waals surface area contributed by atoms with Crippen LogP contribution in [0.1, 0.15) is 39.0 Å². The summed E-state index contributed by atoms with van der Waals surface area (Å²) < 4.78 is 0. The molecule has 0 unspecified atom stereocenters. The summed E-state index contributed by atoms with van der Waals surface area (Å²) in [6.45, 7) is 3.02. The summed E-state index contributed by atoms with van der Waals surface area (Å²) in [6, 6.07) is 0. The van der Waals surface area contributed by atoms with E-state index >= 15 is 0 Å². The van der Waals surface area contributed by atoms with E-state index in [1.54, 1.807) is 0 Å². The average molecular weight is 169 g/mol. The minimum Gasteiger partial charge on any atom is -0.312 e. The lowest BCUT2D eigenvalue weighted by Gasteiger charge is -2.25. The van der Waals surface area contributed by atoms with Crippen LogP contribution in [-0.4, -0.2) is 12.4 Å². The maximum atomic E-state index is 5.36. The summed E-state index contributed by atoms with van der Waals surface area (Å²) in [5, 5.41) is 0. The smallest absolute Gasteiger partial charge is 0.111 e. The van der Waals surface area contributed by atoms with Gasteiger partial charge in [0, 0.05) is 13.0 Å². The molecule has 1 aliphatic carbocycles. The van der Waals surface area contributed by atoms with Crippen LogP contribution in [0.25, 0.3) is 0 Å². The van der Waals surface area contributed by atoms with Crippen LogP contribution >= 0.6 is 0 Å². The highest BCUT2D eigenvalue weighted by molar-refractivity contribution is 5.81. The molecule has 1 fully saturated rings. The van der Waals surface area contributed by atoms with Crippen LogP contribution in [0.5, 0.6) is 0 Å². The van der Waals surface area contributed by atoms with Gasteiger partial charge in [-0.15, -0.1) is 0 Å². The Morgan fingerprint density at radius 1 is 1.58 bits per heavy atom. The summed E-state index contributed by atoms with van der Waals surface area (Å²) in [5.74, 6) is 7.19. The van der Waals surface area contributed by atoms with Gasteiger partial charge in [0.1, 0.15) is 5.84 Å². The Balaban J connectivity index is 2.23. The number of hydrazine groups is 1. The van der Waals surface area contributed by atoms with Crippen LogP contribution in [0, 0.1) is 5.92 Å². The maximum Gasteiger partial charge on any atom is 0.111 e. The molecular formula is C9H19N3. The zero-order chi connectivity index (χ0) is 8.81. The van der Waals surface area contributed by atoms with E-state index < -0.39 is 0 Å². The molecule has 0 atom stereocenters. The van der Waals surface area contributed by atoms with Gasteiger partial charge in [-0.05, 0) is 12.3 Å². The van der Waals surface area contributed by atoms with E-state index in [9.17, 15) is 0 Å². The average Bonchev–Trinajstić information content (AvgIpc) is 2.02. The zero-order valence-electron chi connectivity index (χ0n) is 7.84. The summed E-state index contributed by atoms with van der Waals surface area (Å²) >= 11 is 0. The topological polar surface area (TPSA) is 50.4 Å². The lowest BCUT2D eigenvalue weighted by molar-refractivity contribution is 0.324. The van der Waals surface area contributed by atoms with Gasteiger partial charge >= 0.3 is 0 Å². The van der Waals surface area contributed by atoms with Gasteiger partial charge in [0.05, 0.1) is 0 Å². The van der Waals surface area contributed by atoms with E-state index in [1.807, 2.05) is 0 Å². The highest BCUT2D eigenvalue weighted by Crippen LogP contribution is 2.29. The Kier molecular flexibility index (Phi) is 4.08. The fraction of sp³-hybridized carbons (Fsp3) is 0.889. The van der Waals surface area contributed by atoms with Crippen molar-refractivity contribution < 1.29 is 0 Å². The van der Waals surface area contributed by atoms with Gasteiger partial charge in [-0.1, -0.05) is 26.2 Å². The first-order chi connectivity index (χ1) is 5.86. The second-order valence-electron chi connectivity index (χ2n) is 3.47. The zero-order valence-corrected chi connectivity index (χ0v) is 7.84. The number of nitrogens with two attached hydrogens (primary N) is 1. The van der Waals surface area contributed by atoms with Crippen LogP contribution in [0.15, 0.2) is 4.99 Å². The van der Waals surface area contributed by atoms with Crippen LogP contribution in [-0.2, 0) is 0 Å². The first-order valence-corrected chi connectivity index (χ1v) is 4.86. The number of nitrogens with one attached hydrogen (secondary N) is 1. The Morgan fingerprint density at radius 3 is 2.75 bits per heavy atom. The van der Waals surface area contributed by atoms with E-state index in [0.29, 0.717) is 0 Å². The van der Waals surface area contributed by atoms with Crippen molar-refractivity contribution in [2.75, 3.05) is 6.54 Å². The van der Waals surface area contributed by atoms with Crippen LogP contribution in [0.3, 0.4) is 0 Å². The lowest BCUT2D eigenvalue weighted by atomic mass is 9.83. The maximum absolute atomic E-state index is 5.36. The number of amidine groups is 1. The van der Waals surface area contributed by atoms with Gasteiger partial charge in [0.25, 0.3) is 0 Å². The SMILES string of the molecule is CCCN=C(CC1CCC1)NN. The Morgan fingerprint density at radius 2 is 2.33 bits per heavy atom. The summed E-state index contributed by atoms with van der Waals surface area (Å²) in [7, 11) is 0. The Hall–Kier alpha value is -0.570.